The average molecular weight is 441 g/mol. The van der Waals surface area contributed by atoms with Gasteiger partial charge in [-0.2, -0.15) is 9.97 Å². The maximum absolute atomic E-state index is 12.4. The van der Waals surface area contributed by atoms with Crippen LogP contribution in [0.1, 0.15) is 24.0 Å². The number of aromatic nitrogens is 3. The molecule has 0 spiro atoms. The van der Waals surface area contributed by atoms with Crippen molar-refractivity contribution in [2.24, 2.45) is 0 Å². The smallest absolute Gasteiger partial charge is 0.320 e. The number of Topliss-reactive ketones (excluding diaryl/α,β-unsaturated/α-hetero) is 1. The Morgan fingerprint density at radius 2 is 2.09 bits per heavy atom. The number of hydrogen-bond acceptors (Lipinski definition) is 10. The lowest BCUT2D eigenvalue weighted by Gasteiger charge is -2.31. The van der Waals surface area contributed by atoms with E-state index in [1.165, 1.54) is 0 Å². The Balaban J connectivity index is 1.36. The Labute approximate surface area is 186 Å². The second-order valence-electron chi connectivity index (χ2n) is 8.33. The summed E-state index contributed by atoms with van der Waals surface area (Å²) in [5.74, 6) is 1.95. The Hall–Kier alpha value is -2.98. The number of carbonyl (C=O) groups is 1. The number of ether oxygens (including phenoxy) is 3. The first-order valence-electron chi connectivity index (χ1n) is 11.1. The second-order valence-corrected chi connectivity index (χ2v) is 8.33. The SMILES string of the molecule is Nc1nc(OCC2CCCO2)nc2c1CC(=O)CN2Cc1ccnc(N2CCOCC2)c1. The normalized spacial score (nSPS) is 21.0. The van der Waals surface area contributed by atoms with Crippen molar-refractivity contribution in [3.8, 4) is 6.01 Å². The van der Waals surface area contributed by atoms with Gasteiger partial charge in [0.25, 0.3) is 0 Å². The van der Waals surface area contributed by atoms with Crippen LogP contribution < -0.4 is 20.3 Å². The first-order chi connectivity index (χ1) is 15.7. The first kappa shape index (κ1) is 20.9. The van der Waals surface area contributed by atoms with Crippen LogP contribution in [0, 0.1) is 0 Å². The number of fused-ring (bicyclic) bond motifs is 1. The van der Waals surface area contributed by atoms with Crippen molar-refractivity contribution in [1.29, 1.82) is 0 Å². The number of nitrogens with two attached hydrogens (primary N) is 1. The minimum absolute atomic E-state index is 0.0592. The number of nitrogens with zero attached hydrogens (tertiary/aromatic N) is 5. The predicted octanol–water partition coefficient (Wildman–Crippen LogP) is 0.980. The molecule has 32 heavy (non-hydrogen) atoms. The van der Waals surface area contributed by atoms with Crippen LogP contribution in [0.15, 0.2) is 18.3 Å². The molecule has 2 N–H and O–H groups in total. The largest absolute Gasteiger partial charge is 0.461 e. The van der Waals surface area contributed by atoms with Gasteiger partial charge >= 0.3 is 6.01 Å². The van der Waals surface area contributed by atoms with Gasteiger partial charge in [-0.25, -0.2) is 4.98 Å². The van der Waals surface area contributed by atoms with Gasteiger partial charge in [-0.3, -0.25) is 4.79 Å². The van der Waals surface area contributed by atoms with Crippen LogP contribution in [0.4, 0.5) is 17.5 Å². The highest BCUT2D eigenvalue weighted by Gasteiger charge is 2.28. The maximum Gasteiger partial charge on any atom is 0.320 e. The van der Waals surface area contributed by atoms with Crippen LogP contribution in [0.25, 0.3) is 0 Å². The monoisotopic (exact) mass is 440 g/mol. The van der Waals surface area contributed by atoms with E-state index in [1.807, 2.05) is 11.0 Å². The van der Waals surface area contributed by atoms with Crippen molar-refractivity contribution in [3.05, 3.63) is 29.5 Å². The summed E-state index contributed by atoms with van der Waals surface area (Å²) < 4.78 is 16.8. The van der Waals surface area contributed by atoms with Crippen LogP contribution in [-0.4, -0.2) is 72.9 Å². The summed E-state index contributed by atoms with van der Waals surface area (Å²) >= 11 is 0. The van der Waals surface area contributed by atoms with E-state index in [2.05, 4.69) is 25.9 Å². The number of ketones is 1. The quantitative estimate of drug-likeness (QED) is 0.697. The molecule has 0 aromatic carbocycles. The molecule has 10 nitrogen and oxygen atoms in total. The van der Waals surface area contributed by atoms with Crippen molar-refractivity contribution in [2.75, 3.05) is 61.6 Å². The summed E-state index contributed by atoms with van der Waals surface area (Å²) in [6.45, 7) is 4.97. The molecule has 0 saturated carbocycles. The minimum atomic E-state index is 0.0592. The van der Waals surface area contributed by atoms with Gasteiger partial charge in [-0.1, -0.05) is 0 Å². The zero-order chi connectivity index (χ0) is 21.9. The zero-order valence-corrected chi connectivity index (χ0v) is 18.0. The summed E-state index contributed by atoms with van der Waals surface area (Å²) in [7, 11) is 0. The van der Waals surface area contributed by atoms with Crippen molar-refractivity contribution >= 4 is 23.2 Å². The maximum atomic E-state index is 12.4. The highest BCUT2D eigenvalue weighted by atomic mass is 16.5. The van der Waals surface area contributed by atoms with Gasteiger partial charge in [0.15, 0.2) is 5.78 Å². The van der Waals surface area contributed by atoms with Gasteiger partial charge in [0, 0.05) is 44.4 Å². The lowest BCUT2D eigenvalue weighted by atomic mass is 10.0. The Morgan fingerprint density at radius 1 is 1.22 bits per heavy atom. The molecule has 1 unspecified atom stereocenters. The van der Waals surface area contributed by atoms with Gasteiger partial charge in [-0.05, 0) is 30.5 Å². The average Bonchev–Trinajstić information content (AvgIpc) is 3.33. The van der Waals surface area contributed by atoms with E-state index in [-0.39, 0.29) is 30.9 Å². The fraction of sp³-hybridized carbons (Fsp3) is 0.545. The molecule has 5 rings (SSSR count). The van der Waals surface area contributed by atoms with E-state index in [1.54, 1.807) is 6.20 Å². The summed E-state index contributed by atoms with van der Waals surface area (Å²) in [5, 5.41) is 0. The number of hydrogen-bond donors (Lipinski definition) is 1. The summed E-state index contributed by atoms with van der Waals surface area (Å²) in [6, 6.07) is 4.24. The van der Waals surface area contributed by atoms with Gasteiger partial charge in [0.2, 0.25) is 0 Å². The van der Waals surface area contributed by atoms with Crippen molar-refractivity contribution in [1.82, 2.24) is 15.0 Å². The summed E-state index contributed by atoms with van der Waals surface area (Å²) in [6.07, 6.45) is 4.10. The second kappa shape index (κ2) is 9.25. The van der Waals surface area contributed by atoms with Crippen molar-refractivity contribution in [3.63, 3.8) is 0 Å². The van der Waals surface area contributed by atoms with E-state index < -0.39 is 0 Å². The van der Waals surface area contributed by atoms with E-state index in [0.29, 0.717) is 43.6 Å². The number of morpholine rings is 1. The topological polar surface area (TPSA) is 116 Å². The molecule has 1 atom stereocenters. The number of rotatable bonds is 6. The van der Waals surface area contributed by atoms with Crippen LogP contribution in [-0.2, 0) is 27.2 Å². The van der Waals surface area contributed by atoms with Crippen molar-refractivity contribution < 1.29 is 19.0 Å². The molecule has 10 heteroatoms. The molecular weight excluding hydrogens is 412 g/mol. The molecule has 0 amide bonds. The van der Waals surface area contributed by atoms with E-state index in [4.69, 9.17) is 19.9 Å². The highest BCUT2D eigenvalue weighted by molar-refractivity contribution is 5.91. The zero-order valence-electron chi connectivity index (χ0n) is 18.0. The van der Waals surface area contributed by atoms with Crippen LogP contribution in [0.3, 0.4) is 0 Å². The number of anilines is 3. The molecule has 0 aliphatic carbocycles. The Bertz CT molecular complexity index is 975. The third-order valence-electron chi connectivity index (χ3n) is 5.98. The van der Waals surface area contributed by atoms with Gasteiger partial charge in [0.1, 0.15) is 24.1 Å². The van der Waals surface area contributed by atoms with Crippen LogP contribution >= 0.6 is 0 Å². The summed E-state index contributed by atoms with van der Waals surface area (Å²) in [4.78, 5) is 30.0. The molecule has 5 heterocycles. The number of nitrogen functional groups attached to an aromatic ring is 1. The molecule has 2 fully saturated rings. The lowest BCUT2D eigenvalue weighted by molar-refractivity contribution is -0.117. The fourth-order valence-corrected chi connectivity index (χ4v) is 4.32. The van der Waals surface area contributed by atoms with Gasteiger partial charge in [-0.15, -0.1) is 0 Å². The Morgan fingerprint density at radius 3 is 2.91 bits per heavy atom. The standard InChI is InChI=1S/C22H28N6O4/c23-20-18-11-16(29)13-28(21(18)26-22(25-20)32-14-17-2-1-7-31-17)12-15-3-4-24-19(10-15)27-5-8-30-9-6-27/h3-4,10,17H,1-2,5-9,11-14H2,(H2,23,25,26). The molecular formula is C22H28N6O4. The van der Waals surface area contributed by atoms with Gasteiger partial charge in [0.05, 0.1) is 25.9 Å². The molecule has 3 aliphatic heterocycles. The van der Waals surface area contributed by atoms with Crippen LogP contribution in [0.2, 0.25) is 0 Å². The third kappa shape index (κ3) is 4.61. The molecule has 170 valence electrons. The third-order valence-corrected chi connectivity index (χ3v) is 5.98. The number of carbonyl (C=O) groups excluding carboxylic acids is 1. The molecule has 2 saturated heterocycles. The Kier molecular flexibility index (Phi) is 6.04. The lowest BCUT2D eigenvalue weighted by Crippen LogP contribution is -2.38. The molecule has 0 bridgehead atoms. The van der Waals surface area contributed by atoms with Crippen molar-refractivity contribution in [2.45, 2.75) is 31.9 Å². The van der Waals surface area contributed by atoms with Gasteiger partial charge < -0.3 is 29.7 Å². The molecule has 2 aromatic heterocycles. The molecule has 2 aromatic rings. The van der Waals surface area contributed by atoms with E-state index in [0.717, 1.165) is 43.9 Å². The van der Waals surface area contributed by atoms with Crippen LogP contribution in [0.5, 0.6) is 6.01 Å². The highest BCUT2D eigenvalue weighted by Crippen LogP contribution is 2.31. The van der Waals surface area contributed by atoms with E-state index >= 15 is 0 Å². The molecule has 0 radical (unpaired) electrons. The fourth-order valence-electron chi connectivity index (χ4n) is 4.32. The molecule has 3 aliphatic rings. The van der Waals surface area contributed by atoms with E-state index in [9.17, 15) is 4.79 Å². The summed E-state index contributed by atoms with van der Waals surface area (Å²) in [5.41, 5.74) is 7.90. The number of pyridine rings is 1. The predicted molar refractivity (Wildman–Crippen MR) is 118 cm³/mol. The first-order valence-corrected chi connectivity index (χ1v) is 11.1. The minimum Gasteiger partial charge on any atom is -0.461 e.